The Kier molecular flexibility index (Phi) is 7.02. The van der Waals surface area contributed by atoms with Crippen molar-refractivity contribution in [2.24, 2.45) is 0 Å². The molecule has 6 nitrogen and oxygen atoms in total. The van der Waals surface area contributed by atoms with Gasteiger partial charge in [-0.05, 0) is 68.7 Å². The number of halogens is 3. The minimum atomic E-state index is -4.64. The molecule has 1 amide bonds. The van der Waals surface area contributed by atoms with E-state index in [4.69, 9.17) is 0 Å². The lowest BCUT2D eigenvalue weighted by Gasteiger charge is -2.29. The summed E-state index contributed by atoms with van der Waals surface area (Å²) in [5, 5.41) is 2.65. The molecular formula is C22H26F3N3O3S. The monoisotopic (exact) mass is 469 g/mol. The molecule has 1 aliphatic heterocycles. The van der Waals surface area contributed by atoms with Crippen molar-refractivity contribution in [2.75, 3.05) is 33.9 Å². The second-order valence-electron chi connectivity index (χ2n) is 7.87. The predicted octanol–water partition coefficient (Wildman–Crippen LogP) is 4.49. The van der Waals surface area contributed by atoms with Crippen LogP contribution in [0.25, 0.3) is 0 Å². The molecule has 1 heterocycles. The smallest absolute Gasteiger partial charge is 0.372 e. The van der Waals surface area contributed by atoms with Gasteiger partial charge < -0.3 is 10.2 Å². The van der Waals surface area contributed by atoms with Gasteiger partial charge in [0.05, 0.1) is 17.5 Å². The molecule has 0 aromatic heterocycles. The fourth-order valence-corrected chi connectivity index (χ4v) is 4.95. The third-order valence-electron chi connectivity index (χ3n) is 5.37. The third-order valence-corrected chi connectivity index (χ3v) is 6.61. The van der Waals surface area contributed by atoms with Crippen LogP contribution in [0, 0.1) is 0 Å². The number of anilines is 3. The number of piperidine rings is 1. The van der Waals surface area contributed by atoms with Crippen LogP contribution in [0.4, 0.5) is 30.2 Å². The van der Waals surface area contributed by atoms with Crippen molar-refractivity contribution in [3.63, 3.8) is 0 Å². The average Bonchev–Trinajstić information content (AvgIpc) is 2.73. The van der Waals surface area contributed by atoms with E-state index in [1.807, 2.05) is 12.1 Å². The summed E-state index contributed by atoms with van der Waals surface area (Å²) in [7, 11) is -4.04. The van der Waals surface area contributed by atoms with E-state index in [0.717, 1.165) is 56.1 Å². The van der Waals surface area contributed by atoms with Gasteiger partial charge in [0, 0.05) is 24.5 Å². The number of nitrogens with one attached hydrogen (secondary N) is 1. The average molecular weight is 470 g/mol. The fraction of sp³-hybridized carbons (Fsp3) is 0.409. The number of rotatable bonds is 6. The van der Waals surface area contributed by atoms with Crippen molar-refractivity contribution in [1.82, 2.24) is 0 Å². The molecule has 1 fully saturated rings. The maximum atomic E-state index is 13.1. The van der Waals surface area contributed by atoms with E-state index in [1.54, 1.807) is 12.1 Å². The standard InChI is InChI=1S/C22H26F3N3O3S/c1-16(28(32(2,30)31)20-8-6-7-17(15-20)22(23,24)25)21(29)26-18-9-11-19(12-10-18)27-13-4-3-5-14-27/h6-12,15-16H,3-5,13-14H2,1-2H3,(H,26,29). The van der Waals surface area contributed by atoms with E-state index in [-0.39, 0.29) is 5.69 Å². The summed E-state index contributed by atoms with van der Waals surface area (Å²) in [6.45, 7) is 3.28. The maximum Gasteiger partial charge on any atom is 0.416 e. The topological polar surface area (TPSA) is 69.7 Å². The Labute approximate surface area is 186 Å². The minimum Gasteiger partial charge on any atom is -0.372 e. The summed E-state index contributed by atoms with van der Waals surface area (Å²) in [6.07, 6.45) is -0.309. The molecule has 1 atom stereocenters. The number of benzene rings is 2. The van der Waals surface area contributed by atoms with E-state index in [2.05, 4.69) is 10.2 Å². The van der Waals surface area contributed by atoms with Crippen LogP contribution in [0.15, 0.2) is 48.5 Å². The van der Waals surface area contributed by atoms with Crippen LogP contribution in [-0.2, 0) is 21.0 Å². The van der Waals surface area contributed by atoms with E-state index in [9.17, 15) is 26.4 Å². The highest BCUT2D eigenvalue weighted by Crippen LogP contribution is 2.33. The van der Waals surface area contributed by atoms with Crippen molar-refractivity contribution in [3.05, 3.63) is 54.1 Å². The molecule has 0 bridgehead atoms. The molecule has 32 heavy (non-hydrogen) atoms. The van der Waals surface area contributed by atoms with Crippen LogP contribution >= 0.6 is 0 Å². The zero-order chi connectivity index (χ0) is 23.5. The first-order chi connectivity index (χ1) is 15.0. The third kappa shape index (κ3) is 5.73. The summed E-state index contributed by atoms with van der Waals surface area (Å²) < 4.78 is 64.7. The van der Waals surface area contributed by atoms with Gasteiger partial charge in [0.25, 0.3) is 0 Å². The van der Waals surface area contributed by atoms with Gasteiger partial charge in [0.15, 0.2) is 0 Å². The number of hydrogen-bond acceptors (Lipinski definition) is 4. The zero-order valence-electron chi connectivity index (χ0n) is 17.9. The van der Waals surface area contributed by atoms with E-state index >= 15 is 0 Å². The molecule has 0 saturated carbocycles. The number of nitrogens with zero attached hydrogens (tertiary/aromatic N) is 2. The molecule has 1 saturated heterocycles. The first-order valence-corrected chi connectivity index (χ1v) is 12.1. The van der Waals surface area contributed by atoms with Gasteiger partial charge in [-0.2, -0.15) is 13.2 Å². The highest BCUT2D eigenvalue weighted by Gasteiger charge is 2.34. The van der Waals surface area contributed by atoms with Crippen molar-refractivity contribution in [3.8, 4) is 0 Å². The first-order valence-electron chi connectivity index (χ1n) is 10.3. The second-order valence-corrected chi connectivity index (χ2v) is 9.73. The van der Waals surface area contributed by atoms with Crippen LogP contribution in [0.1, 0.15) is 31.7 Å². The second kappa shape index (κ2) is 9.40. The number of hydrogen-bond donors (Lipinski definition) is 1. The molecule has 174 valence electrons. The molecule has 3 rings (SSSR count). The van der Waals surface area contributed by atoms with Crippen molar-refractivity contribution in [2.45, 2.75) is 38.4 Å². The lowest BCUT2D eigenvalue weighted by molar-refractivity contribution is -0.137. The summed E-state index contributed by atoms with van der Waals surface area (Å²) in [4.78, 5) is 15.1. The Bertz CT molecular complexity index is 1050. The maximum absolute atomic E-state index is 13.1. The number of alkyl halides is 3. The number of sulfonamides is 1. The summed E-state index contributed by atoms with van der Waals surface area (Å²) in [5.74, 6) is -0.654. The molecule has 0 radical (unpaired) electrons. The molecule has 1 N–H and O–H groups in total. The van der Waals surface area contributed by atoms with E-state index in [1.165, 1.54) is 19.4 Å². The van der Waals surface area contributed by atoms with E-state index in [0.29, 0.717) is 9.99 Å². The molecule has 1 unspecified atom stereocenters. The Morgan fingerprint density at radius 2 is 1.69 bits per heavy atom. The highest BCUT2D eigenvalue weighted by molar-refractivity contribution is 7.92. The fourth-order valence-electron chi connectivity index (χ4n) is 3.78. The van der Waals surface area contributed by atoms with Crippen LogP contribution in [0.5, 0.6) is 0 Å². The highest BCUT2D eigenvalue weighted by atomic mass is 32.2. The van der Waals surface area contributed by atoms with Crippen molar-refractivity contribution < 1.29 is 26.4 Å². The minimum absolute atomic E-state index is 0.231. The van der Waals surface area contributed by atoms with Crippen molar-refractivity contribution >= 4 is 33.0 Å². The van der Waals surface area contributed by atoms with Crippen LogP contribution in [0.2, 0.25) is 0 Å². The van der Waals surface area contributed by atoms with Crippen LogP contribution in [0.3, 0.4) is 0 Å². The van der Waals surface area contributed by atoms with Crippen LogP contribution < -0.4 is 14.5 Å². The lowest BCUT2D eigenvalue weighted by Crippen LogP contribution is -2.45. The SMILES string of the molecule is CC(C(=O)Nc1ccc(N2CCCCC2)cc1)N(c1cccc(C(F)(F)F)c1)S(C)(=O)=O. The van der Waals surface area contributed by atoms with Crippen molar-refractivity contribution in [1.29, 1.82) is 0 Å². The molecule has 0 spiro atoms. The predicted molar refractivity (Wildman–Crippen MR) is 119 cm³/mol. The Morgan fingerprint density at radius 1 is 1.06 bits per heavy atom. The van der Waals surface area contributed by atoms with Gasteiger partial charge in [-0.15, -0.1) is 0 Å². The largest absolute Gasteiger partial charge is 0.416 e. The summed E-state index contributed by atoms with van der Waals surface area (Å²) >= 11 is 0. The molecule has 2 aromatic carbocycles. The number of carbonyl (C=O) groups is 1. The Hall–Kier alpha value is -2.75. The zero-order valence-corrected chi connectivity index (χ0v) is 18.7. The van der Waals surface area contributed by atoms with Crippen LogP contribution in [-0.4, -0.2) is 39.7 Å². The van der Waals surface area contributed by atoms with Gasteiger partial charge in [-0.1, -0.05) is 6.07 Å². The lowest BCUT2D eigenvalue weighted by atomic mass is 10.1. The Morgan fingerprint density at radius 3 is 2.25 bits per heavy atom. The molecule has 10 heteroatoms. The van der Waals surface area contributed by atoms with Gasteiger partial charge >= 0.3 is 6.18 Å². The summed E-state index contributed by atoms with van der Waals surface area (Å²) in [5.41, 5.74) is 0.285. The normalized spacial score (nSPS) is 15.8. The quantitative estimate of drug-likeness (QED) is 0.677. The molecular weight excluding hydrogens is 443 g/mol. The first kappa shape index (κ1) is 23.9. The van der Waals surface area contributed by atoms with E-state index < -0.39 is 33.7 Å². The number of amides is 1. The summed E-state index contributed by atoms with van der Waals surface area (Å²) in [6, 6.07) is 9.85. The van der Waals surface area contributed by atoms with Gasteiger partial charge in [-0.25, -0.2) is 8.42 Å². The molecule has 1 aliphatic rings. The van der Waals surface area contributed by atoms with Gasteiger partial charge in [0.1, 0.15) is 6.04 Å². The van der Waals surface area contributed by atoms with Gasteiger partial charge in [0.2, 0.25) is 15.9 Å². The molecule has 2 aromatic rings. The van der Waals surface area contributed by atoms with Gasteiger partial charge in [-0.3, -0.25) is 9.10 Å². The number of carbonyl (C=O) groups excluding carboxylic acids is 1. The molecule has 0 aliphatic carbocycles. The Balaban J connectivity index is 1.78.